The molecule has 2 amide bonds. The van der Waals surface area contributed by atoms with Crippen LogP contribution in [-0.2, 0) is 13.1 Å². The molecule has 2 bridgehead atoms. The van der Waals surface area contributed by atoms with E-state index in [0.717, 1.165) is 36.9 Å². The quantitative estimate of drug-likeness (QED) is 0.416. The van der Waals surface area contributed by atoms with Gasteiger partial charge in [-0.15, -0.1) is 0 Å². The van der Waals surface area contributed by atoms with Crippen molar-refractivity contribution in [2.45, 2.75) is 44.4 Å². The summed E-state index contributed by atoms with van der Waals surface area (Å²) in [6.07, 6.45) is 5.48. The second kappa shape index (κ2) is 9.52. The van der Waals surface area contributed by atoms with E-state index < -0.39 is 0 Å². The number of carbonyl (C=O) groups excluding carboxylic acids is 2. The fraction of sp³-hybridized carbons (Fsp3) is 0.290. The van der Waals surface area contributed by atoms with Crippen LogP contribution in [0.15, 0.2) is 72.8 Å². The number of carbonyl (C=O) groups is 2. The van der Waals surface area contributed by atoms with Crippen molar-refractivity contribution in [1.29, 1.82) is 0 Å². The standard InChI is InChI=1S/C31H30N2O4/c1-36-27-14-11-21(15-28(27)37-2)19-33-30(34)26-10-6-9-25(29(26)31(33)35)22-16-23-12-13-24(17-22)32(23)18-20-7-4-3-5-8-20/h3-11,14-16,23-24H,12-13,17-19H2,1-2H3. The Labute approximate surface area is 217 Å². The maximum atomic E-state index is 13.6. The number of rotatable bonds is 7. The average Bonchev–Trinajstić information content (AvgIpc) is 3.30. The lowest BCUT2D eigenvalue weighted by Crippen LogP contribution is -2.37. The van der Waals surface area contributed by atoms with Gasteiger partial charge in [-0.05, 0) is 59.7 Å². The maximum Gasteiger partial charge on any atom is 0.262 e. The van der Waals surface area contributed by atoms with Crippen molar-refractivity contribution in [1.82, 2.24) is 9.80 Å². The van der Waals surface area contributed by atoms with Crippen LogP contribution >= 0.6 is 0 Å². The molecular formula is C31H30N2O4. The van der Waals surface area contributed by atoms with Gasteiger partial charge in [0.25, 0.3) is 11.8 Å². The number of fused-ring (bicyclic) bond motifs is 3. The lowest BCUT2D eigenvalue weighted by atomic mass is 9.89. The summed E-state index contributed by atoms with van der Waals surface area (Å²) >= 11 is 0. The van der Waals surface area contributed by atoms with Crippen molar-refractivity contribution in [3.63, 3.8) is 0 Å². The second-order valence-electron chi connectivity index (χ2n) is 9.97. The summed E-state index contributed by atoms with van der Waals surface area (Å²) in [7, 11) is 3.15. The molecule has 1 saturated heterocycles. The van der Waals surface area contributed by atoms with E-state index in [1.165, 1.54) is 16.0 Å². The molecule has 6 rings (SSSR count). The molecule has 0 radical (unpaired) electrons. The van der Waals surface area contributed by atoms with E-state index in [9.17, 15) is 9.59 Å². The molecule has 0 spiro atoms. The van der Waals surface area contributed by atoms with Gasteiger partial charge < -0.3 is 9.47 Å². The summed E-state index contributed by atoms with van der Waals surface area (Å²) in [5.74, 6) is 0.698. The zero-order valence-corrected chi connectivity index (χ0v) is 21.1. The van der Waals surface area contributed by atoms with Gasteiger partial charge in [0.15, 0.2) is 11.5 Å². The van der Waals surface area contributed by atoms with Crippen LogP contribution in [0.5, 0.6) is 11.5 Å². The minimum Gasteiger partial charge on any atom is -0.493 e. The molecule has 2 unspecified atom stereocenters. The van der Waals surface area contributed by atoms with Crippen molar-refractivity contribution < 1.29 is 19.1 Å². The fourth-order valence-electron chi connectivity index (χ4n) is 6.06. The zero-order valence-electron chi connectivity index (χ0n) is 21.1. The van der Waals surface area contributed by atoms with E-state index in [2.05, 4.69) is 41.3 Å². The normalized spacial score (nSPS) is 20.7. The number of amides is 2. The highest BCUT2D eigenvalue weighted by molar-refractivity contribution is 6.23. The molecule has 188 valence electrons. The van der Waals surface area contributed by atoms with Crippen LogP contribution in [0.4, 0.5) is 0 Å². The molecule has 37 heavy (non-hydrogen) atoms. The van der Waals surface area contributed by atoms with Crippen molar-refractivity contribution in [3.8, 4) is 11.5 Å². The molecule has 6 heteroatoms. The van der Waals surface area contributed by atoms with E-state index in [4.69, 9.17) is 9.47 Å². The summed E-state index contributed by atoms with van der Waals surface area (Å²) in [6.45, 7) is 1.12. The molecule has 3 aromatic rings. The molecule has 2 atom stereocenters. The Bertz CT molecular complexity index is 1400. The average molecular weight is 495 g/mol. The van der Waals surface area contributed by atoms with Crippen molar-refractivity contribution in [3.05, 3.63) is 101 Å². The summed E-state index contributed by atoms with van der Waals surface area (Å²) in [5, 5.41) is 0. The maximum absolute atomic E-state index is 13.6. The van der Waals surface area contributed by atoms with Gasteiger partial charge in [0.2, 0.25) is 0 Å². The third-order valence-electron chi connectivity index (χ3n) is 7.88. The number of methoxy groups -OCH3 is 2. The Morgan fingerprint density at radius 1 is 0.784 bits per heavy atom. The van der Waals surface area contributed by atoms with Gasteiger partial charge in [0.1, 0.15) is 0 Å². The number of nitrogens with zero attached hydrogens (tertiary/aromatic N) is 2. The molecule has 3 aliphatic rings. The Hall–Kier alpha value is -3.90. The molecule has 0 aromatic heterocycles. The first-order valence-corrected chi connectivity index (χ1v) is 12.8. The molecule has 1 fully saturated rings. The first-order valence-electron chi connectivity index (χ1n) is 12.8. The Balaban J connectivity index is 1.27. The van der Waals surface area contributed by atoms with Gasteiger partial charge in [0, 0.05) is 18.6 Å². The summed E-state index contributed by atoms with van der Waals surface area (Å²) in [5.41, 5.74) is 5.24. The zero-order chi connectivity index (χ0) is 25.5. The smallest absolute Gasteiger partial charge is 0.262 e. The predicted octanol–water partition coefficient (Wildman–Crippen LogP) is 5.32. The topological polar surface area (TPSA) is 59.1 Å². The third-order valence-corrected chi connectivity index (χ3v) is 7.88. The van der Waals surface area contributed by atoms with Crippen molar-refractivity contribution in [2.75, 3.05) is 14.2 Å². The Morgan fingerprint density at radius 2 is 1.57 bits per heavy atom. The number of ether oxygens (including phenoxy) is 2. The number of benzene rings is 3. The molecule has 3 aromatic carbocycles. The summed E-state index contributed by atoms with van der Waals surface area (Å²) in [6, 6.07) is 22.5. The van der Waals surface area contributed by atoms with E-state index >= 15 is 0 Å². The highest BCUT2D eigenvalue weighted by Crippen LogP contribution is 2.42. The molecule has 3 aliphatic heterocycles. The molecule has 0 saturated carbocycles. The minimum absolute atomic E-state index is 0.182. The molecule has 6 nitrogen and oxygen atoms in total. The van der Waals surface area contributed by atoms with Crippen LogP contribution in [0.25, 0.3) is 5.57 Å². The van der Waals surface area contributed by atoms with Crippen LogP contribution in [0.2, 0.25) is 0 Å². The molecular weight excluding hydrogens is 464 g/mol. The summed E-state index contributed by atoms with van der Waals surface area (Å²) in [4.78, 5) is 30.9. The minimum atomic E-state index is -0.248. The van der Waals surface area contributed by atoms with E-state index in [1.54, 1.807) is 26.4 Å². The monoisotopic (exact) mass is 494 g/mol. The number of hydrogen-bond acceptors (Lipinski definition) is 5. The van der Waals surface area contributed by atoms with Gasteiger partial charge in [-0.1, -0.05) is 54.6 Å². The molecule has 0 aliphatic carbocycles. The van der Waals surface area contributed by atoms with Crippen LogP contribution in [0, 0.1) is 0 Å². The first kappa shape index (κ1) is 23.5. The van der Waals surface area contributed by atoms with E-state index in [-0.39, 0.29) is 18.4 Å². The lowest BCUT2D eigenvalue weighted by Gasteiger charge is -2.34. The van der Waals surface area contributed by atoms with Gasteiger partial charge in [-0.2, -0.15) is 0 Å². The highest BCUT2D eigenvalue weighted by Gasteiger charge is 2.41. The third kappa shape index (κ3) is 4.11. The van der Waals surface area contributed by atoms with Crippen molar-refractivity contribution in [2.24, 2.45) is 0 Å². The van der Waals surface area contributed by atoms with Crippen LogP contribution < -0.4 is 9.47 Å². The van der Waals surface area contributed by atoms with Crippen molar-refractivity contribution >= 4 is 17.4 Å². The largest absolute Gasteiger partial charge is 0.493 e. The number of imide groups is 1. The first-order chi connectivity index (χ1) is 18.1. The van der Waals surface area contributed by atoms with Crippen LogP contribution in [0.1, 0.15) is 56.7 Å². The lowest BCUT2D eigenvalue weighted by molar-refractivity contribution is 0.0642. The molecule has 3 heterocycles. The van der Waals surface area contributed by atoms with Gasteiger partial charge in [0.05, 0.1) is 31.9 Å². The number of hydrogen-bond donors (Lipinski definition) is 0. The Kier molecular flexibility index (Phi) is 6.05. The second-order valence-corrected chi connectivity index (χ2v) is 9.97. The van der Waals surface area contributed by atoms with E-state index in [1.807, 2.05) is 24.3 Å². The van der Waals surface area contributed by atoms with Crippen LogP contribution in [-0.4, -0.2) is 47.9 Å². The van der Waals surface area contributed by atoms with Gasteiger partial charge in [-0.3, -0.25) is 19.4 Å². The Morgan fingerprint density at radius 3 is 2.32 bits per heavy atom. The summed E-state index contributed by atoms with van der Waals surface area (Å²) < 4.78 is 10.7. The SMILES string of the molecule is COc1ccc(CN2C(=O)c3cccc(C4=CC5CCC(C4)N5Cc4ccccc4)c3C2=O)cc1OC. The predicted molar refractivity (Wildman–Crippen MR) is 142 cm³/mol. The molecule has 0 N–H and O–H groups in total. The van der Waals surface area contributed by atoms with Gasteiger partial charge in [-0.25, -0.2) is 0 Å². The fourth-order valence-corrected chi connectivity index (χ4v) is 6.06. The highest BCUT2D eigenvalue weighted by atomic mass is 16.5. The van der Waals surface area contributed by atoms with Gasteiger partial charge >= 0.3 is 0 Å². The van der Waals surface area contributed by atoms with E-state index in [0.29, 0.717) is 34.7 Å². The van der Waals surface area contributed by atoms with Crippen LogP contribution in [0.3, 0.4) is 0 Å².